The summed E-state index contributed by atoms with van der Waals surface area (Å²) in [5.74, 6) is -0.230. The number of anilines is 1. The van der Waals surface area contributed by atoms with Gasteiger partial charge in [-0.1, -0.05) is 30.3 Å². The number of aryl methyl sites for hydroxylation is 3. The van der Waals surface area contributed by atoms with Crippen molar-refractivity contribution in [2.75, 3.05) is 5.32 Å². The van der Waals surface area contributed by atoms with Gasteiger partial charge in [-0.25, -0.2) is 0 Å². The third kappa shape index (κ3) is 3.91. The van der Waals surface area contributed by atoms with E-state index in [4.69, 9.17) is 0 Å². The summed E-state index contributed by atoms with van der Waals surface area (Å²) < 4.78 is 1.57. The third-order valence-electron chi connectivity index (χ3n) is 4.61. The molecule has 0 bridgehead atoms. The van der Waals surface area contributed by atoms with Crippen LogP contribution in [0.5, 0.6) is 0 Å². The van der Waals surface area contributed by atoms with Gasteiger partial charge in [0.2, 0.25) is 0 Å². The van der Waals surface area contributed by atoms with Crippen molar-refractivity contribution in [3.05, 3.63) is 99.0 Å². The number of amides is 1. The summed E-state index contributed by atoms with van der Waals surface area (Å²) in [5, 5.41) is 2.89. The van der Waals surface area contributed by atoms with Crippen LogP contribution in [0.15, 0.2) is 65.6 Å². The van der Waals surface area contributed by atoms with Crippen LogP contribution in [0.25, 0.3) is 0 Å². The van der Waals surface area contributed by atoms with Crippen LogP contribution in [0.2, 0.25) is 0 Å². The van der Waals surface area contributed by atoms with E-state index < -0.39 is 0 Å². The molecular formula is C22H22N2O2. The number of carbonyl (C=O) groups is 1. The van der Waals surface area contributed by atoms with Gasteiger partial charge < -0.3 is 9.88 Å². The Kier molecular flexibility index (Phi) is 5.03. The van der Waals surface area contributed by atoms with Crippen molar-refractivity contribution in [3.63, 3.8) is 0 Å². The zero-order valence-corrected chi connectivity index (χ0v) is 15.2. The van der Waals surface area contributed by atoms with E-state index in [2.05, 4.69) is 5.32 Å². The van der Waals surface area contributed by atoms with E-state index >= 15 is 0 Å². The predicted molar refractivity (Wildman–Crippen MR) is 105 cm³/mol. The number of hydrogen-bond donors (Lipinski definition) is 1. The van der Waals surface area contributed by atoms with Gasteiger partial charge in [-0.15, -0.1) is 0 Å². The second-order valence-corrected chi connectivity index (χ2v) is 6.56. The van der Waals surface area contributed by atoms with Gasteiger partial charge in [-0.2, -0.15) is 0 Å². The van der Waals surface area contributed by atoms with Crippen molar-refractivity contribution in [2.45, 2.75) is 27.3 Å². The SMILES string of the molecule is Cc1ccc(NC(=O)c2ccc(=O)n(Cc3ccccc3C)c2)cc1C. The summed E-state index contributed by atoms with van der Waals surface area (Å²) in [6.45, 7) is 6.49. The van der Waals surface area contributed by atoms with Gasteiger partial charge in [0, 0.05) is 18.0 Å². The number of benzene rings is 2. The minimum absolute atomic E-state index is 0.129. The second-order valence-electron chi connectivity index (χ2n) is 6.56. The fraction of sp³-hybridized carbons (Fsp3) is 0.182. The summed E-state index contributed by atoms with van der Waals surface area (Å²) >= 11 is 0. The Bertz CT molecular complexity index is 1020. The van der Waals surface area contributed by atoms with E-state index in [0.717, 1.165) is 22.4 Å². The molecule has 3 rings (SSSR count). The van der Waals surface area contributed by atoms with E-state index in [0.29, 0.717) is 12.1 Å². The third-order valence-corrected chi connectivity index (χ3v) is 4.61. The Morgan fingerprint density at radius 1 is 0.923 bits per heavy atom. The number of carbonyl (C=O) groups excluding carboxylic acids is 1. The zero-order chi connectivity index (χ0) is 18.7. The average molecular weight is 346 g/mol. The van der Waals surface area contributed by atoms with Gasteiger partial charge in [0.1, 0.15) is 0 Å². The lowest BCUT2D eigenvalue weighted by molar-refractivity contribution is 0.102. The Morgan fingerprint density at radius 3 is 2.42 bits per heavy atom. The number of nitrogens with zero attached hydrogens (tertiary/aromatic N) is 1. The van der Waals surface area contributed by atoms with Crippen molar-refractivity contribution >= 4 is 11.6 Å². The lowest BCUT2D eigenvalue weighted by Crippen LogP contribution is -2.22. The number of pyridine rings is 1. The molecule has 0 unspecified atom stereocenters. The molecule has 1 N–H and O–H groups in total. The van der Waals surface area contributed by atoms with Gasteiger partial charge in [0.05, 0.1) is 12.1 Å². The Hall–Kier alpha value is -3.14. The van der Waals surface area contributed by atoms with Crippen LogP contribution in [0.1, 0.15) is 32.6 Å². The maximum Gasteiger partial charge on any atom is 0.257 e. The molecule has 4 nitrogen and oxygen atoms in total. The highest BCUT2D eigenvalue weighted by atomic mass is 16.2. The molecule has 3 aromatic rings. The highest BCUT2D eigenvalue weighted by Gasteiger charge is 2.09. The summed E-state index contributed by atoms with van der Waals surface area (Å²) in [4.78, 5) is 24.7. The molecule has 4 heteroatoms. The normalized spacial score (nSPS) is 10.6. The Balaban J connectivity index is 1.84. The van der Waals surface area contributed by atoms with E-state index in [1.165, 1.54) is 11.6 Å². The molecule has 0 fully saturated rings. The van der Waals surface area contributed by atoms with Crippen LogP contribution in [-0.4, -0.2) is 10.5 Å². The van der Waals surface area contributed by atoms with Crippen LogP contribution in [0.4, 0.5) is 5.69 Å². The Labute approximate surface area is 153 Å². The van der Waals surface area contributed by atoms with Crippen molar-refractivity contribution in [3.8, 4) is 0 Å². The van der Waals surface area contributed by atoms with Crippen LogP contribution in [-0.2, 0) is 6.54 Å². The molecule has 1 heterocycles. The smallest absolute Gasteiger partial charge is 0.257 e. The molecule has 2 aromatic carbocycles. The molecule has 0 spiro atoms. The van der Waals surface area contributed by atoms with Crippen molar-refractivity contribution < 1.29 is 4.79 Å². The van der Waals surface area contributed by atoms with Crippen LogP contribution in [0, 0.1) is 20.8 Å². The minimum atomic E-state index is -0.230. The van der Waals surface area contributed by atoms with E-state index in [1.807, 2.05) is 63.2 Å². The summed E-state index contributed by atoms with van der Waals surface area (Å²) in [7, 11) is 0. The monoisotopic (exact) mass is 346 g/mol. The molecule has 26 heavy (non-hydrogen) atoms. The number of nitrogens with one attached hydrogen (secondary N) is 1. The highest BCUT2D eigenvalue weighted by Crippen LogP contribution is 2.15. The molecule has 0 aliphatic carbocycles. The maximum atomic E-state index is 12.6. The summed E-state index contributed by atoms with van der Waals surface area (Å²) in [6, 6.07) is 16.7. The number of rotatable bonds is 4. The van der Waals surface area contributed by atoms with Gasteiger partial charge in [0.25, 0.3) is 11.5 Å². The quantitative estimate of drug-likeness (QED) is 0.774. The molecule has 0 saturated heterocycles. The van der Waals surface area contributed by atoms with E-state index in [1.54, 1.807) is 16.8 Å². The first-order valence-corrected chi connectivity index (χ1v) is 8.57. The lowest BCUT2D eigenvalue weighted by Gasteiger charge is -2.11. The molecule has 1 amide bonds. The molecule has 132 valence electrons. The Morgan fingerprint density at radius 2 is 1.69 bits per heavy atom. The van der Waals surface area contributed by atoms with Crippen molar-refractivity contribution in [1.29, 1.82) is 0 Å². The van der Waals surface area contributed by atoms with Gasteiger partial charge in [-0.05, 0) is 61.2 Å². The standard InChI is InChI=1S/C22H22N2O2/c1-15-8-10-20(12-17(15)3)23-22(26)19-9-11-21(25)24(14-19)13-18-7-5-4-6-16(18)2/h4-12,14H,13H2,1-3H3,(H,23,26). The molecule has 1 aromatic heterocycles. The van der Waals surface area contributed by atoms with Crippen molar-refractivity contribution in [2.24, 2.45) is 0 Å². The van der Waals surface area contributed by atoms with Crippen molar-refractivity contribution in [1.82, 2.24) is 4.57 Å². The molecular weight excluding hydrogens is 324 g/mol. The molecule has 0 saturated carbocycles. The topological polar surface area (TPSA) is 51.1 Å². The molecule has 0 aliphatic rings. The fourth-order valence-corrected chi connectivity index (χ4v) is 2.78. The van der Waals surface area contributed by atoms with Gasteiger partial charge in [0.15, 0.2) is 0 Å². The molecule has 0 atom stereocenters. The van der Waals surface area contributed by atoms with Crippen LogP contribution in [0.3, 0.4) is 0 Å². The number of hydrogen-bond acceptors (Lipinski definition) is 2. The maximum absolute atomic E-state index is 12.6. The van der Waals surface area contributed by atoms with Gasteiger partial charge in [-0.3, -0.25) is 9.59 Å². The highest BCUT2D eigenvalue weighted by molar-refractivity contribution is 6.04. The minimum Gasteiger partial charge on any atom is -0.322 e. The summed E-state index contributed by atoms with van der Waals surface area (Å²) in [5.41, 5.74) is 5.54. The fourth-order valence-electron chi connectivity index (χ4n) is 2.78. The summed E-state index contributed by atoms with van der Waals surface area (Å²) in [6.07, 6.45) is 1.62. The molecule has 0 radical (unpaired) electrons. The largest absolute Gasteiger partial charge is 0.322 e. The van der Waals surface area contributed by atoms with Crippen LogP contribution < -0.4 is 10.9 Å². The first-order valence-electron chi connectivity index (χ1n) is 8.57. The lowest BCUT2D eigenvalue weighted by atomic mass is 10.1. The number of aromatic nitrogens is 1. The first kappa shape index (κ1) is 17.7. The van der Waals surface area contributed by atoms with E-state index in [-0.39, 0.29) is 11.5 Å². The average Bonchev–Trinajstić information content (AvgIpc) is 2.62. The second kappa shape index (κ2) is 7.40. The molecule has 0 aliphatic heterocycles. The van der Waals surface area contributed by atoms with Gasteiger partial charge >= 0.3 is 0 Å². The zero-order valence-electron chi connectivity index (χ0n) is 15.2. The first-order chi connectivity index (χ1) is 12.4. The van der Waals surface area contributed by atoms with Crippen LogP contribution >= 0.6 is 0 Å². The van der Waals surface area contributed by atoms with E-state index in [9.17, 15) is 9.59 Å². The predicted octanol–water partition coefficient (Wildman–Crippen LogP) is 4.07.